The SMILES string of the molecule is CC(=O)/C(=C(\C)O)c1ccc(Br)cc1. The predicted molar refractivity (Wildman–Crippen MR) is 60.0 cm³/mol. The highest BCUT2D eigenvalue weighted by Gasteiger charge is 2.10. The zero-order valence-electron chi connectivity index (χ0n) is 8.04. The molecule has 0 unspecified atom stereocenters. The summed E-state index contributed by atoms with van der Waals surface area (Å²) in [6.45, 7) is 2.95. The van der Waals surface area contributed by atoms with Crippen LogP contribution in [0.4, 0.5) is 0 Å². The van der Waals surface area contributed by atoms with Gasteiger partial charge >= 0.3 is 0 Å². The lowest BCUT2D eigenvalue weighted by molar-refractivity contribution is -0.111. The van der Waals surface area contributed by atoms with E-state index in [9.17, 15) is 9.90 Å². The summed E-state index contributed by atoms with van der Waals surface area (Å²) < 4.78 is 0.944. The highest BCUT2D eigenvalue weighted by Crippen LogP contribution is 2.20. The average molecular weight is 255 g/mol. The van der Waals surface area contributed by atoms with Gasteiger partial charge in [0.15, 0.2) is 5.78 Å². The van der Waals surface area contributed by atoms with Crippen molar-refractivity contribution in [2.24, 2.45) is 0 Å². The molecule has 0 aliphatic carbocycles. The molecule has 0 aliphatic rings. The summed E-state index contributed by atoms with van der Waals surface area (Å²) >= 11 is 3.31. The first-order valence-electron chi connectivity index (χ1n) is 4.19. The number of carbonyl (C=O) groups is 1. The van der Waals surface area contributed by atoms with Gasteiger partial charge in [-0.05, 0) is 31.5 Å². The Morgan fingerprint density at radius 1 is 1.21 bits per heavy atom. The topological polar surface area (TPSA) is 37.3 Å². The first-order chi connectivity index (χ1) is 6.52. The number of ketones is 1. The quantitative estimate of drug-likeness (QED) is 0.650. The van der Waals surface area contributed by atoms with Gasteiger partial charge in [0.05, 0.1) is 5.57 Å². The third-order valence-electron chi connectivity index (χ3n) is 1.85. The van der Waals surface area contributed by atoms with E-state index in [1.54, 1.807) is 12.1 Å². The fraction of sp³-hybridized carbons (Fsp3) is 0.182. The van der Waals surface area contributed by atoms with Crippen LogP contribution in [-0.4, -0.2) is 10.9 Å². The van der Waals surface area contributed by atoms with Crippen LogP contribution in [0.15, 0.2) is 34.5 Å². The number of aliphatic hydroxyl groups is 1. The first kappa shape index (κ1) is 11.0. The van der Waals surface area contributed by atoms with Crippen LogP contribution in [0.5, 0.6) is 0 Å². The average Bonchev–Trinajstić information content (AvgIpc) is 2.07. The molecular weight excluding hydrogens is 244 g/mol. The van der Waals surface area contributed by atoms with E-state index in [1.165, 1.54) is 13.8 Å². The molecule has 0 saturated heterocycles. The first-order valence-corrected chi connectivity index (χ1v) is 4.98. The van der Waals surface area contributed by atoms with Crippen LogP contribution in [0.3, 0.4) is 0 Å². The largest absolute Gasteiger partial charge is 0.512 e. The van der Waals surface area contributed by atoms with Crippen LogP contribution < -0.4 is 0 Å². The molecule has 0 heterocycles. The molecule has 1 aromatic carbocycles. The van der Waals surface area contributed by atoms with E-state index in [1.807, 2.05) is 12.1 Å². The summed E-state index contributed by atoms with van der Waals surface area (Å²) in [5.41, 5.74) is 1.11. The Morgan fingerprint density at radius 3 is 2.07 bits per heavy atom. The number of Topliss-reactive ketones (excluding diaryl/α,β-unsaturated/α-hetero) is 1. The molecule has 0 fully saturated rings. The molecule has 0 saturated carbocycles. The van der Waals surface area contributed by atoms with E-state index < -0.39 is 0 Å². The van der Waals surface area contributed by atoms with Gasteiger partial charge in [0.25, 0.3) is 0 Å². The van der Waals surface area contributed by atoms with E-state index >= 15 is 0 Å². The van der Waals surface area contributed by atoms with Gasteiger partial charge in [-0.3, -0.25) is 4.79 Å². The molecular formula is C11H11BrO2. The van der Waals surface area contributed by atoms with Crippen LogP contribution in [0.2, 0.25) is 0 Å². The fourth-order valence-corrected chi connectivity index (χ4v) is 1.55. The Bertz CT molecular complexity index is 373. The molecule has 1 aromatic rings. The van der Waals surface area contributed by atoms with Crippen molar-refractivity contribution in [2.45, 2.75) is 13.8 Å². The Hall–Kier alpha value is -1.09. The minimum absolute atomic E-state index is 0.0554. The number of aliphatic hydroxyl groups excluding tert-OH is 1. The van der Waals surface area contributed by atoms with Gasteiger partial charge in [-0.15, -0.1) is 0 Å². The Kier molecular flexibility index (Phi) is 3.47. The lowest BCUT2D eigenvalue weighted by Crippen LogP contribution is -1.99. The number of carbonyl (C=O) groups excluding carboxylic acids is 1. The van der Waals surface area contributed by atoms with Crippen LogP contribution >= 0.6 is 15.9 Å². The highest BCUT2D eigenvalue weighted by atomic mass is 79.9. The van der Waals surface area contributed by atoms with Gasteiger partial charge in [0.2, 0.25) is 0 Å². The zero-order chi connectivity index (χ0) is 10.7. The predicted octanol–water partition coefficient (Wildman–Crippen LogP) is 3.33. The molecule has 3 heteroatoms. The van der Waals surface area contributed by atoms with Crippen molar-refractivity contribution < 1.29 is 9.90 Å². The van der Waals surface area contributed by atoms with Gasteiger partial charge < -0.3 is 5.11 Å². The van der Waals surface area contributed by atoms with Crippen molar-refractivity contribution in [1.82, 2.24) is 0 Å². The zero-order valence-corrected chi connectivity index (χ0v) is 9.63. The van der Waals surface area contributed by atoms with Crippen LogP contribution in [0, 0.1) is 0 Å². The number of rotatable bonds is 2. The summed E-state index contributed by atoms with van der Waals surface area (Å²) in [5, 5.41) is 9.35. The minimum atomic E-state index is -0.132. The van der Waals surface area contributed by atoms with Crippen LogP contribution in [0.1, 0.15) is 19.4 Å². The van der Waals surface area contributed by atoms with E-state index in [2.05, 4.69) is 15.9 Å². The maximum Gasteiger partial charge on any atom is 0.163 e. The Morgan fingerprint density at radius 2 is 1.71 bits per heavy atom. The van der Waals surface area contributed by atoms with E-state index in [4.69, 9.17) is 0 Å². The maximum atomic E-state index is 11.2. The normalized spacial score (nSPS) is 12.2. The van der Waals surface area contributed by atoms with Gasteiger partial charge in [-0.1, -0.05) is 28.1 Å². The second-order valence-corrected chi connectivity index (χ2v) is 3.94. The smallest absolute Gasteiger partial charge is 0.163 e. The molecule has 0 atom stereocenters. The third kappa shape index (κ3) is 2.45. The standard InChI is InChI=1S/C11H11BrO2/c1-7(13)11(8(2)14)9-3-5-10(12)6-4-9/h3-6,13H,1-2H3/b11-7-. The second-order valence-electron chi connectivity index (χ2n) is 3.02. The summed E-state index contributed by atoms with van der Waals surface area (Å²) in [7, 11) is 0. The maximum absolute atomic E-state index is 11.2. The molecule has 74 valence electrons. The van der Waals surface area contributed by atoms with Crippen molar-refractivity contribution in [1.29, 1.82) is 0 Å². The number of hydrogen-bond acceptors (Lipinski definition) is 2. The molecule has 0 spiro atoms. The summed E-state index contributed by atoms with van der Waals surface area (Å²) in [5.74, 6) is -0.0767. The highest BCUT2D eigenvalue weighted by molar-refractivity contribution is 9.10. The molecule has 1 rings (SSSR count). The van der Waals surface area contributed by atoms with Crippen molar-refractivity contribution in [3.63, 3.8) is 0 Å². The molecule has 0 bridgehead atoms. The number of benzene rings is 1. The molecule has 2 nitrogen and oxygen atoms in total. The summed E-state index contributed by atoms with van der Waals surface area (Å²) in [6.07, 6.45) is 0. The fourth-order valence-electron chi connectivity index (χ4n) is 1.28. The monoisotopic (exact) mass is 254 g/mol. The van der Waals surface area contributed by atoms with E-state index in [-0.39, 0.29) is 11.5 Å². The molecule has 14 heavy (non-hydrogen) atoms. The van der Waals surface area contributed by atoms with Crippen LogP contribution in [0.25, 0.3) is 5.57 Å². The molecule has 0 aromatic heterocycles. The van der Waals surface area contributed by atoms with E-state index in [0.29, 0.717) is 5.57 Å². The molecule has 0 radical (unpaired) electrons. The second kappa shape index (κ2) is 4.42. The molecule has 0 aliphatic heterocycles. The third-order valence-corrected chi connectivity index (χ3v) is 2.38. The number of halogens is 1. The summed E-state index contributed by atoms with van der Waals surface area (Å²) in [6, 6.07) is 7.25. The van der Waals surface area contributed by atoms with Crippen LogP contribution in [-0.2, 0) is 4.79 Å². The van der Waals surface area contributed by atoms with Crippen molar-refractivity contribution in [3.8, 4) is 0 Å². The Balaban J connectivity index is 3.21. The number of hydrogen-bond donors (Lipinski definition) is 1. The van der Waals surface area contributed by atoms with E-state index in [0.717, 1.165) is 10.0 Å². The lowest BCUT2D eigenvalue weighted by Gasteiger charge is -2.05. The molecule has 0 amide bonds. The number of allylic oxidation sites excluding steroid dienone is 2. The lowest BCUT2D eigenvalue weighted by atomic mass is 10.0. The van der Waals surface area contributed by atoms with Crippen molar-refractivity contribution in [2.75, 3.05) is 0 Å². The minimum Gasteiger partial charge on any atom is -0.512 e. The molecule has 1 N–H and O–H groups in total. The van der Waals surface area contributed by atoms with Gasteiger partial charge in [-0.2, -0.15) is 0 Å². The van der Waals surface area contributed by atoms with Gasteiger partial charge in [0.1, 0.15) is 5.76 Å². The van der Waals surface area contributed by atoms with Crippen molar-refractivity contribution >= 4 is 27.3 Å². The van der Waals surface area contributed by atoms with Gasteiger partial charge in [-0.25, -0.2) is 0 Å². The van der Waals surface area contributed by atoms with Crippen molar-refractivity contribution in [3.05, 3.63) is 40.1 Å². The Labute approximate surface area is 91.4 Å². The van der Waals surface area contributed by atoms with Gasteiger partial charge in [0, 0.05) is 4.47 Å². The summed E-state index contributed by atoms with van der Waals surface area (Å²) in [4.78, 5) is 11.2.